The third kappa shape index (κ3) is 2.60. The minimum Gasteiger partial charge on any atom is -0.314 e. The molecular weight excluding hydrogens is 182 g/mol. The molecule has 1 heteroatoms. The third-order valence-electron chi connectivity index (χ3n) is 3.42. The van der Waals surface area contributed by atoms with Crippen LogP contribution in [-0.4, -0.2) is 12.6 Å². The van der Waals surface area contributed by atoms with Gasteiger partial charge in [-0.05, 0) is 55.7 Å². The highest BCUT2D eigenvalue weighted by atomic mass is 14.9. The first-order valence-electron chi connectivity index (χ1n) is 6.24. The van der Waals surface area contributed by atoms with Crippen molar-refractivity contribution in [3.63, 3.8) is 0 Å². The van der Waals surface area contributed by atoms with E-state index in [1.807, 2.05) is 0 Å². The fourth-order valence-electron chi connectivity index (χ4n) is 2.13. The van der Waals surface area contributed by atoms with E-state index in [2.05, 4.69) is 29.6 Å². The van der Waals surface area contributed by atoms with Gasteiger partial charge in [0, 0.05) is 6.04 Å². The maximum absolute atomic E-state index is 3.57. The lowest BCUT2D eigenvalue weighted by molar-refractivity contribution is 0.682. The molecule has 1 aromatic carbocycles. The molecule has 0 aromatic heterocycles. The molecule has 0 amide bonds. The number of benzene rings is 1. The van der Waals surface area contributed by atoms with Gasteiger partial charge in [-0.2, -0.15) is 0 Å². The van der Waals surface area contributed by atoms with Crippen LogP contribution >= 0.6 is 0 Å². The minimum absolute atomic E-state index is 0.844. The van der Waals surface area contributed by atoms with Crippen LogP contribution in [0.2, 0.25) is 0 Å². The summed E-state index contributed by atoms with van der Waals surface area (Å²) in [5.41, 5.74) is 3.08. The standard InChI is InChI=1S/C14H19N/c1-2-11(8-9-15-14-6-7-14)10-13(3-1)12-4-5-12/h1-3,10,12,14-15H,4-9H2. The fourth-order valence-corrected chi connectivity index (χ4v) is 2.13. The molecule has 2 aliphatic rings. The molecule has 0 spiro atoms. The van der Waals surface area contributed by atoms with E-state index in [1.165, 1.54) is 37.7 Å². The SMILES string of the molecule is c1cc(CCNC2CC2)cc(C2CC2)c1. The van der Waals surface area contributed by atoms with Crippen LogP contribution in [0, 0.1) is 0 Å². The molecule has 0 unspecified atom stereocenters. The number of hydrogen-bond donors (Lipinski definition) is 1. The Morgan fingerprint density at radius 2 is 2.00 bits per heavy atom. The first kappa shape index (κ1) is 9.41. The highest BCUT2D eigenvalue weighted by Gasteiger charge is 2.23. The lowest BCUT2D eigenvalue weighted by Crippen LogP contribution is -2.19. The maximum Gasteiger partial charge on any atom is 0.00683 e. The zero-order chi connectivity index (χ0) is 10.1. The van der Waals surface area contributed by atoms with Gasteiger partial charge in [0.25, 0.3) is 0 Å². The van der Waals surface area contributed by atoms with Crippen molar-refractivity contribution in [1.82, 2.24) is 5.32 Å². The van der Waals surface area contributed by atoms with Gasteiger partial charge in [0.15, 0.2) is 0 Å². The Labute approximate surface area is 91.9 Å². The molecule has 1 aromatic rings. The summed E-state index contributed by atoms with van der Waals surface area (Å²) in [5, 5.41) is 3.57. The summed E-state index contributed by atoms with van der Waals surface area (Å²) in [4.78, 5) is 0. The van der Waals surface area contributed by atoms with Gasteiger partial charge in [-0.15, -0.1) is 0 Å². The van der Waals surface area contributed by atoms with Gasteiger partial charge in [-0.3, -0.25) is 0 Å². The van der Waals surface area contributed by atoms with Crippen molar-refractivity contribution in [3.05, 3.63) is 35.4 Å². The third-order valence-corrected chi connectivity index (χ3v) is 3.42. The number of nitrogens with one attached hydrogen (secondary N) is 1. The summed E-state index contributed by atoms with van der Waals surface area (Å²) >= 11 is 0. The summed E-state index contributed by atoms with van der Waals surface area (Å²) in [6, 6.07) is 10.0. The predicted octanol–water partition coefficient (Wildman–Crippen LogP) is 2.86. The topological polar surface area (TPSA) is 12.0 Å². The van der Waals surface area contributed by atoms with E-state index < -0.39 is 0 Å². The smallest absolute Gasteiger partial charge is 0.00683 e. The fraction of sp³-hybridized carbons (Fsp3) is 0.571. The Balaban J connectivity index is 1.55. The van der Waals surface area contributed by atoms with Crippen molar-refractivity contribution >= 4 is 0 Å². The molecule has 15 heavy (non-hydrogen) atoms. The van der Waals surface area contributed by atoms with E-state index in [4.69, 9.17) is 0 Å². The molecule has 1 nitrogen and oxygen atoms in total. The van der Waals surface area contributed by atoms with Gasteiger partial charge in [0.2, 0.25) is 0 Å². The van der Waals surface area contributed by atoms with Crippen LogP contribution in [0.1, 0.15) is 42.7 Å². The van der Waals surface area contributed by atoms with Gasteiger partial charge >= 0.3 is 0 Å². The van der Waals surface area contributed by atoms with Crippen molar-refractivity contribution in [3.8, 4) is 0 Å². The summed E-state index contributed by atoms with van der Waals surface area (Å²) in [7, 11) is 0. The average molecular weight is 201 g/mol. The quantitative estimate of drug-likeness (QED) is 0.772. The highest BCUT2D eigenvalue weighted by molar-refractivity contribution is 5.29. The summed E-state index contributed by atoms with van der Waals surface area (Å²) in [5.74, 6) is 0.890. The lowest BCUT2D eigenvalue weighted by atomic mass is 10.1. The summed E-state index contributed by atoms with van der Waals surface area (Å²) in [6.07, 6.45) is 6.79. The molecule has 0 heterocycles. The van der Waals surface area contributed by atoms with Gasteiger partial charge in [0.05, 0.1) is 0 Å². The van der Waals surface area contributed by atoms with E-state index in [0.29, 0.717) is 0 Å². The van der Waals surface area contributed by atoms with E-state index in [0.717, 1.165) is 18.5 Å². The number of rotatable bonds is 5. The van der Waals surface area contributed by atoms with Crippen LogP contribution in [-0.2, 0) is 6.42 Å². The molecule has 2 fully saturated rings. The van der Waals surface area contributed by atoms with E-state index >= 15 is 0 Å². The largest absolute Gasteiger partial charge is 0.314 e. The highest BCUT2D eigenvalue weighted by Crippen LogP contribution is 2.40. The van der Waals surface area contributed by atoms with Gasteiger partial charge in [-0.25, -0.2) is 0 Å². The molecule has 0 radical (unpaired) electrons. The molecule has 1 N–H and O–H groups in total. The molecule has 80 valence electrons. The summed E-state index contributed by atoms with van der Waals surface area (Å²) < 4.78 is 0. The Kier molecular flexibility index (Phi) is 2.49. The van der Waals surface area contributed by atoms with E-state index in [1.54, 1.807) is 5.56 Å². The van der Waals surface area contributed by atoms with Crippen LogP contribution in [0.15, 0.2) is 24.3 Å². The van der Waals surface area contributed by atoms with Crippen molar-refractivity contribution < 1.29 is 0 Å². The molecule has 2 saturated carbocycles. The Morgan fingerprint density at radius 1 is 1.13 bits per heavy atom. The second-order valence-corrected chi connectivity index (χ2v) is 5.00. The zero-order valence-electron chi connectivity index (χ0n) is 9.21. The Hall–Kier alpha value is -0.820. The monoisotopic (exact) mass is 201 g/mol. The molecule has 0 saturated heterocycles. The van der Waals surface area contributed by atoms with Crippen molar-refractivity contribution in [2.24, 2.45) is 0 Å². The minimum atomic E-state index is 0.844. The first-order valence-corrected chi connectivity index (χ1v) is 6.24. The van der Waals surface area contributed by atoms with Crippen molar-refractivity contribution in [1.29, 1.82) is 0 Å². The Bertz CT molecular complexity index is 337. The van der Waals surface area contributed by atoms with Crippen LogP contribution in [0.3, 0.4) is 0 Å². The van der Waals surface area contributed by atoms with Crippen LogP contribution in [0.4, 0.5) is 0 Å². The van der Waals surface area contributed by atoms with Crippen LogP contribution in [0.25, 0.3) is 0 Å². The van der Waals surface area contributed by atoms with Crippen molar-refractivity contribution in [2.75, 3.05) is 6.54 Å². The number of hydrogen-bond acceptors (Lipinski definition) is 1. The Morgan fingerprint density at radius 3 is 2.73 bits per heavy atom. The molecular formula is C14H19N. The normalized spacial score (nSPS) is 20.5. The summed E-state index contributed by atoms with van der Waals surface area (Å²) in [6.45, 7) is 1.15. The van der Waals surface area contributed by atoms with E-state index in [-0.39, 0.29) is 0 Å². The second-order valence-electron chi connectivity index (χ2n) is 5.00. The van der Waals surface area contributed by atoms with Crippen LogP contribution in [0.5, 0.6) is 0 Å². The van der Waals surface area contributed by atoms with Crippen molar-refractivity contribution in [2.45, 2.75) is 44.1 Å². The second kappa shape index (κ2) is 3.97. The molecule has 0 aliphatic heterocycles. The molecule has 3 rings (SSSR count). The predicted molar refractivity (Wildman–Crippen MR) is 63.1 cm³/mol. The molecule has 0 atom stereocenters. The van der Waals surface area contributed by atoms with Gasteiger partial charge in [-0.1, -0.05) is 24.3 Å². The van der Waals surface area contributed by atoms with E-state index in [9.17, 15) is 0 Å². The average Bonchev–Trinajstić information content (AvgIpc) is 3.13. The maximum atomic E-state index is 3.57. The first-order chi connectivity index (χ1) is 7.42. The zero-order valence-corrected chi connectivity index (χ0v) is 9.21. The van der Waals surface area contributed by atoms with Gasteiger partial charge < -0.3 is 5.32 Å². The molecule has 2 aliphatic carbocycles. The van der Waals surface area contributed by atoms with Crippen LogP contribution < -0.4 is 5.32 Å². The lowest BCUT2D eigenvalue weighted by Gasteiger charge is -2.05. The van der Waals surface area contributed by atoms with Gasteiger partial charge in [0.1, 0.15) is 0 Å². The molecule has 0 bridgehead atoms.